The molecule has 1 amide bonds. The van der Waals surface area contributed by atoms with E-state index in [1.165, 1.54) is 16.8 Å². The Morgan fingerprint density at radius 1 is 1.55 bits per heavy atom. The fraction of sp³-hybridized carbons (Fsp3) is 0.167. The number of nitrogens with zero attached hydrogens (tertiary/aromatic N) is 3. The van der Waals surface area contributed by atoms with Crippen LogP contribution in [0, 0.1) is 10.1 Å². The molecular weight excluding hydrogens is 328 g/mol. The normalized spacial score (nSPS) is 10.3. The van der Waals surface area contributed by atoms with Gasteiger partial charge in [-0.15, -0.1) is 0 Å². The van der Waals surface area contributed by atoms with Crippen LogP contribution in [0.4, 0.5) is 11.5 Å². The molecule has 0 aliphatic rings. The predicted molar refractivity (Wildman–Crippen MR) is 76.7 cm³/mol. The maximum atomic E-state index is 12.1. The summed E-state index contributed by atoms with van der Waals surface area (Å²) in [4.78, 5) is 26.3. The molecule has 0 saturated heterocycles. The number of aryl methyl sites for hydroxylation is 1. The van der Waals surface area contributed by atoms with Crippen molar-refractivity contribution in [3.05, 3.63) is 50.9 Å². The number of nitrogens with one attached hydrogen (secondary N) is 1. The van der Waals surface area contributed by atoms with Crippen LogP contribution in [0.2, 0.25) is 0 Å². The van der Waals surface area contributed by atoms with Crippen LogP contribution in [0.25, 0.3) is 0 Å². The molecule has 0 unspecified atom stereocenters. The van der Waals surface area contributed by atoms with Gasteiger partial charge in [0.2, 0.25) is 0 Å². The van der Waals surface area contributed by atoms with Crippen molar-refractivity contribution in [1.82, 2.24) is 9.55 Å². The van der Waals surface area contributed by atoms with Crippen molar-refractivity contribution in [2.24, 2.45) is 0 Å². The summed E-state index contributed by atoms with van der Waals surface area (Å²) in [5.41, 5.74) is 0.115. The largest absolute Gasteiger partial charge is 0.337 e. The van der Waals surface area contributed by atoms with E-state index < -0.39 is 10.8 Å². The van der Waals surface area contributed by atoms with Crippen LogP contribution in [-0.2, 0) is 6.54 Å². The van der Waals surface area contributed by atoms with Crippen molar-refractivity contribution in [3.63, 3.8) is 0 Å². The molecular formula is C12H11BrN4O3. The fourth-order valence-electron chi connectivity index (χ4n) is 1.68. The Hall–Kier alpha value is -2.22. The molecule has 0 bridgehead atoms. The summed E-state index contributed by atoms with van der Waals surface area (Å²) in [7, 11) is 0. The lowest BCUT2D eigenvalue weighted by atomic mass is 10.3. The summed E-state index contributed by atoms with van der Waals surface area (Å²) in [6, 6.07) is 4.62. The number of hydrogen-bond acceptors (Lipinski definition) is 4. The smallest absolute Gasteiger partial charge is 0.287 e. The van der Waals surface area contributed by atoms with Crippen LogP contribution < -0.4 is 5.32 Å². The Bertz CT molecular complexity index is 651. The van der Waals surface area contributed by atoms with Gasteiger partial charge in [-0.25, -0.2) is 4.98 Å². The second-order valence-electron chi connectivity index (χ2n) is 3.94. The predicted octanol–water partition coefficient (Wildman–Crippen LogP) is 2.83. The van der Waals surface area contributed by atoms with Crippen molar-refractivity contribution in [1.29, 1.82) is 0 Å². The molecule has 8 heteroatoms. The first kappa shape index (κ1) is 14.2. The number of anilines is 1. The summed E-state index contributed by atoms with van der Waals surface area (Å²) in [6.45, 7) is 2.27. The van der Waals surface area contributed by atoms with E-state index in [4.69, 9.17) is 0 Å². The monoisotopic (exact) mass is 338 g/mol. The van der Waals surface area contributed by atoms with Gasteiger partial charge >= 0.3 is 0 Å². The van der Waals surface area contributed by atoms with Gasteiger partial charge < -0.3 is 9.88 Å². The minimum Gasteiger partial charge on any atom is -0.337 e. The number of aromatic nitrogens is 2. The Morgan fingerprint density at radius 3 is 2.85 bits per heavy atom. The minimum absolute atomic E-state index is 0.110. The van der Waals surface area contributed by atoms with E-state index in [2.05, 4.69) is 26.2 Å². The van der Waals surface area contributed by atoms with Crippen LogP contribution in [0.1, 0.15) is 17.4 Å². The Kier molecular flexibility index (Phi) is 4.14. The average Bonchev–Trinajstić information content (AvgIpc) is 2.86. The molecule has 0 spiro atoms. The minimum atomic E-state index is -0.527. The maximum Gasteiger partial charge on any atom is 0.287 e. The van der Waals surface area contributed by atoms with E-state index in [1.807, 2.05) is 0 Å². The highest BCUT2D eigenvalue weighted by Crippen LogP contribution is 2.18. The lowest BCUT2D eigenvalue weighted by Gasteiger charge is -2.06. The lowest BCUT2D eigenvalue weighted by Crippen LogP contribution is -2.16. The van der Waals surface area contributed by atoms with Crippen molar-refractivity contribution in [2.75, 3.05) is 5.32 Å². The summed E-state index contributed by atoms with van der Waals surface area (Å²) in [5.74, 6) is -0.0560. The van der Waals surface area contributed by atoms with Crippen LogP contribution >= 0.6 is 15.9 Å². The molecule has 0 radical (unpaired) electrons. The number of amides is 1. The second kappa shape index (κ2) is 5.83. The van der Waals surface area contributed by atoms with Gasteiger partial charge in [0.15, 0.2) is 0 Å². The first-order chi connectivity index (χ1) is 9.51. The zero-order valence-electron chi connectivity index (χ0n) is 10.5. The first-order valence-electron chi connectivity index (χ1n) is 5.78. The van der Waals surface area contributed by atoms with Crippen molar-refractivity contribution in [3.8, 4) is 0 Å². The fourth-order valence-corrected chi connectivity index (χ4v) is 1.91. The molecule has 7 nitrogen and oxygen atoms in total. The Morgan fingerprint density at radius 2 is 2.30 bits per heavy atom. The van der Waals surface area contributed by atoms with E-state index in [9.17, 15) is 14.9 Å². The number of nitro groups is 1. The Balaban J connectivity index is 2.24. The summed E-state index contributed by atoms with van der Waals surface area (Å²) in [5, 5.41) is 13.3. The number of carbonyl (C=O) groups excluding carboxylic acids is 1. The second-order valence-corrected chi connectivity index (χ2v) is 4.86. The highest BCUT2D eigenvalue weighted by atomic mass is 79.9. The number of hydrogen-bond donors (Lipinski definition) is 1. The molecule has 0 saturated carbocycles. The van der Waals surface area contributed by atoms with E-state index in [0.717, 1.165) is 4.47 Å². The molecule has 0 aromatic carbocycles. The van der Waals surface area contributed by atoms with Gasteiger partial charge in [-0.05, 0) is 35.0 Å². The van der Waals surface area contributed by atoms with E-state index in [-0.39, 0.29) is 11.4 Å². The summed E-state index contributed by atoms with van der Waals surface area (Å²) in [6.07, 6.45) is 2.89. The van der Waals surface area contributed by atoms with Gasteiger partial charge in [-0.1, -0.05) is 0 Å². The van der Waals surface area contributed by atoms with Crippen LogP contribution in [0.5, 0.6) is 0 Å². The molecule has 20 heavy (non-hydrogen) atoms. The number of carbonyl (C=O) groups is 1. The highest BCUT2D eigenvalue weighted by Gasteiger charge is 2.18. The van der Waals surface area contributed by atoms with Gasteiger partial charge in [0.25, 0.3) is 11.6 Å². The maximum absolute atomic E-state index is 12.1. The zero-order chi connectivity index (χ0) is 14.7. The van der Waals surface area contributed by atoms with Crippen molar-refractivity contribution < 1.29 is 9.72 Å². The quantitative estimate of drug-likeness (QED) is 0.685. The van der Waals surface area contributed by atoms with Crippen molar-refractivity contribution >= 4 is 33.3 Å². The number of halogens is 1. The molecule has 2 heterocycles. The Labute approximate surface area is 122 Å². The third kappa shape index (κ3) is 3.02. The van der Waals surface area contributed by atoms with Gasteiger partial charge in [0.1, 0.15) is 11.5 Å². The van der Waals surface area contributed by atoms with Gasteiger partial charge in [0.05, 0.1) is 11.1 Å². The van der Waals surface area contributed by atoms with E-state index in [0.29, 0.717) is 12.4 Å². The molecule has 1 N–H and O–H groups in total. The highest BCUT2D eigenvalue weighted by molar-refractivity contribution is 9.10. The standard InChI is InChI=1S/C12H11BrN4O3/c1-2-16-7-9(17(19)20)5-10(16)12(18)15-11-4-3-8(13)6-14-11/h3-7H,2H2,1H3,(H,14,15,18). The third-order valence-electron chi connectivity index (χ3n) is 2.64. The zero-order valence-corrected chi connectivity index (χ0v) is 12.1. The molecule has 0 aliphatic heterocycles. The van der Waals surface area contributed by atoms with Gasteiger partial charge in [-0.3, -0.25) is 14.9 Å². The van der Waals surface area contributed by atoms with Gasteiger partial charge in [-0.2, -0.15) is 0 Å². The number of pyridine rings is 1. The SMILES string of the molecule is CCn1cc([N+](=O)[O-])cc1C(=O)Nc1ccc(Br)cn1. The van der Waals surface area contributed by atoms with Crippen LogP contribution in [0.3, 0.4) is 0 Å². The topological polar surface area (TPSA) is 90.1 Å². The molecule has 2 rings (SSSR count). The van der Waals surface area contributed by atoms with Crippen LogP contribution in [-0.4, -0.2) is 20.4 Å². The molecule has 0 atom stereocenters. The van der Waals surface area contributed by atoms with E-state index >= 15 is 0 Å². The van der Waals surface area contributed by atoms with E-state index in [1.54, 1.807) is 25.3 Å². The molecule has 0 fully saturated rings. The summed E-state index contributed by atoms with van der Waals surface area (Å²) >= 11 is 3.24. The average molecular weight is 339 g/mol. The van der Waals surface area contributed by atoms with Gasteiger partial charge in [0, 0.05) is 23.3 Å². The molecule has 2 aromatic rings. The molecule has 104 valence electrons. The first-order valence-corrected chi connectivity index (χ1v) is 6.58. The molecule has 0 aliphatic carbocycles. The lowest BCUT2D eigenvalue weighted by molar-refractivity contribution is -0.384. The summed E-state index contributed by atoms with van der Waals surface area (Å²) < 4.78 is 2.31. The molecule has 2 aromatic heterocycles. The van der Waals surface area contributed by atoms with Crippen molar-refractivity contribution in [2.45, 2.75) is 13.5 Å². The number of rotatable bonds is 4. The third-order valence-corrected chi connectivity index (χ3v) is 3.10. The van der Waals surface area contributed by atoms with Crippen LogP contribution in [0.15, 0.2) is 35.1 Å².